The van der Waals surface area contributed by atoms with Crippen LogP contribution in [0.5, 0.6) is 0 Å². The van der Waals surface area contributed by atoms with Gasteiger partial charge >= 0.3 is 0 Å². The van der Waals surface area contributed by atoms with Crippen molar-refractivity contribution in [1.29, 1.82) is 0 Å². The third-order valence-electron chi connectivity index (χ3n) is 4.02. The van der Waals surface area contributed by atoms with Crippen LogP contribution in [0.1, 0.15) is 12.0 Å². The van der Waals surface area contributed by atoms with Crippen molar-refractivity contribution in [3.8, 4) is 0 Å². The third kappa shape index (κ3) is 3.89. The van der Waals surface area contributed by atoms with Crippen LogP contribution in [0.2, 0.25) is 10.0 Å². The number of hydrogen-bond acceptors (Lipinski definition) is 2. The molecule has 1 N–H and O–H groups in total. The molecule has 0 unspecified atom stereocenters. The van der Waals surface area contributed by atoms with Gasteiger partial charge in [0.2, 0.25) is 11.8 Å². The average molecular weight is 363 g/mol. The van der Waals surface area contributed by atoms with E-state index >= 15 is 0 Å². The first-order valence-corrected chi connectivity index (χ1v) is 8.36. The Kier molecular flexibility index (Phi) is 5.07. The van der Waals surface area contributed by atoms with Gasteiger partial charge in [-0.1, -0.05) is 41.4 Å². The monoisotopic (exact) mass is 362 g/mol. The van der Waals surface area contributed by atoms with Gasteiger partial charge < -0.3 is 10.2 Å². The maximum absolute atomic E-state index is 12.4. The summed E-state index contributed by atoms with van der Waals surface area (Å²) in [7, 11) is 0. The van der Waals surface area contributed by atoms with E-state index in [2.05, 4.69) is 5.32 Å². The summed E-state index contributed by atoms with van der Waals surface area (Å²) in [6, 6.07) is 14.3. The number of carbonyl (C=O) groups excluding carboxylic acids is 2. The fourth-order valence-electron chi connectivity index (χ4n) is 2.71. The third-order valence-corrected chi connectivity index (χ3v) is 4.64. The van der Waals surface area contributed by atoms with Crippen molar-refractivity contribution < 1.29 is 9.59 Å². The van der Waals surface area contributed by atoms with E-state index in [0.717, 1.165) is 5.56 Å². The molecule has 1 atom stereocenters. The van der Waals surface area contributed by atoms with Gasteiger partial charge in [0.1, 0.15) is 0 Å². The number of anilines is 1. The van der Waals surface area contributed by atoms with Gasteiger partial charge in [0, 0.05) is 35.2 Å². The van der Waals surface area contributed by atoms with E-state index in [0.29, 0.717) is 28.8 Å². The van der Waals surface area contributed by atoms with E-state index in [-0.39, 0.29) is 24.2 Å². The number of nitrogens with one attached hydrogen (secondary N) is 1. The van der Waals surface area contributed by atoms with Crippen molar-refractivity contribution in [3.63, 3.8) is 0 Å². The quantitative estimate of drug-likeness (QED) is 0.893. The number of likely N-dealkylation sites (tertiary alicyclic amines) is 1. The summed E-state index contributed by atoms with van der Waals surface area (Å²) < 4.78 is 0. The van der Waals surface area contributed by atoms with E-state index in [9.17, 15) is 9.59 Å². The summed E-state index contributed by atoms with van der Waals surface area (Å²) in [6.07, 6.45) is 0.212. The van der Waals surface area contributed by atoms with Gasteiger partial charge in [0.15, 0.2) is 0 Å². The van der Waals surface area contributed by atoms with Gasteiger partial charge in [-0.2, -0.15) is 0 Å². The van der Waals surface area contributed by atoms with Crippen LogP contribution in [0.15, 0.2) is 48.5 Å². The minimum absolute atomic E-state index is 0.0359. The molecule has 2 aromatic carbocycles. The highest BCUT2D eigenvalue weighted by molar-refractivity contribution is 6.31. The van der Waals surface area contributed by atoms with Crippen LogP contribution in [-0.2, 0) is 16.1 Å². The number of nitrogens with zero attached hydrogens (tertiary/aromatic N) is 1. The number of amides is 2. The summed E-state index contributed by atoms with van der Waals surface area (Å²) in [5.41, 5.74) is 1.55. The average Bonchev–Trinajstić information content (AvgIpc) is 2.93. The standard InChI is InChI=1S/C18H16Cl2N2O2/c19-14-5-7-15(8-6-14)21-18(24)13-9-17(23)22(11-13)10-12-3-1-2-4-16(12)20/h1-8,13H,9-11H2,(H,21,24)/t13-/m0/s1. The van der Waals surface area contributed by atoms with Crippen LogP contribution >= 0.6 is 23.2 Å². The molecule has 0 bridgehead atoms. The number of rotatable bonds is 4. The van der Waals surface area contributed by atoms with Crippen LogP contribution < -0.4 is 5.32 Å². The van der Waals surface area contributed by atoms with Crippen molar-refractivity contribution in [2.75, 3.05) is 11.9 Å². The molecule has 0 saturated carbocycles. The lowest BCUT2D eigenvalue weighted by atomic mass is 10.1. The first-order valence-electron chi connectivity index (χ1n) is 7.60. The Morgan fingerprint density at radius 2 is 1.83 bits per heavy atom. The first kappa shape index (κ1) is 16.8. The van der Waals surface area contributed by atoms with Crippen molar-refractivity contribution in [3.05, 3.63) is 64.1 Å². The second-order valence-electron chi connectivity index (χ2n) is 5.76. The van der Waals surface area contributed by atoms with Crippen molar-refractivity contribution in [1.82, 2.24) is 4.90 Å². The molecule has 1 aliphatic heterocycles. The van der Waals surface area contributed by atoms with Crippen LogP contribution in [-0.4, -0.2) is 23.3 Å². The molecule has 6 heteroatoms. The van der Waals surface area contributed by atoms with Gasteiger partial charge in [-0.15, -0.1) is 0 Å². The maximum Gasteiger partial charge on any atom is 0.229 e. The van der Waals surface area contributed by atoms with E-state index in [1.54, 1.807) is 35.2 Å². The fraction of sp³-hybridized carbons (Fsp3) is 0.222. The minimum atomic E-state index is -0.365. The Labute approximate surface area is 150 Å². The zero-order valence-corrected chi connectivity index (χ0v) is 14.3. The fourth-order valence-corrected chi connectivity index (χ4v) is 3.03. The number of halogens is 2. The number of benzene rings is 2. The molecule has 1 saturated heterocycles. The predicted molar refractivity (Wildman–Crippen MR) is 95.1 cm³/mol. The normalized spacial score (nSPS) is 17.2. The zero-order chi connectivity index (χ0) is 17.1. The van der Waals surface area contributed by atoms with Gasteiger partial charge in [-0.25, -0.2) is 0 Å². The van der Waals surface area contributed by atoms with Gasteiger partial charge in [0.25, 0.3) is 0 Å². The minimum Gasteiger partial charge on any atom is -0.337 e. The first-order chi connectivity index (χ1) is 11.5. The molecule has 24 heavy (non-hydrogen) atoms. The van der Waals surface area contributed by atoms with Crippen LogP contribution in [0.3, 0.4) is 0 Å². The second kappa shape index (κ2) is 7.24. The highest BCUT2D eigenvalue weighted by Gasteiger charge is 2.34. The molecule has 0 spiro atoms. The van der Waals surface area contributed by atoms with Crippen LogP contribution in [0.25, 0.3) is 0 Å². The molecular weight excluding hydrogens is 347 g/mol. The lowest BCUT2D eigenvalue weighted by Crippen LogP contribution is -2.28. The van der Waals surface area contributed by atoms with Crippen molar-refractivity contribution in [2.24, 2.45) is 5.92 Å². The zero-order valence-electron chi connectivity index (χ0n) is 12.8. The lowest BCUT2D eigenvalue weighted by molar-refractivity contribution is -0.128. The molecule has 1 heterocycles. The summed E-state index contributed by atoms with van der Waals surface area (Å²) in [5, 5.41) is 4.06. The van der Waals surface area contributed by atoms with Gasteiger partial charge in [0.05, 0.1) is 5.92 Å². The molecule has 3 rings (SSSR count). The lowest BCUT2D eigenvalue weighted by Gasteiger charge is -2.17. The van der Waals surface area contributed by atoms with Crippen LogP contribution in [0, 0.1) is 5.92 Å². The molecule has 1 fully saturated rings. The molecule has 2 aromatic rings. The Morgan fingerprint density at radius 1 is 1.12 bits per heavy atom. The topological polar surface area (TPSA) is 49.4 Å². The van der Waals surface area contributed by atoms with E-state index in [1.165, 1.54) is 0 Å². The Morgan fingerprint density at radius 3 is 2.54 bits per heavy atom. The van der Waals surface area contributed by atoms with E-state index < -0.39 is 0 Å². The maximum atomic E-state index is 12.4. The predicted octanol–water partition coefficient (Wildman–Crippen LogP) is 3.98. The van der Waals surface area contributed by atoms with Gasteiger partial charge in [-0.05, 0) is 35.9 Å². The Bertz CT molecular complexity index is 762. The highest BCUT2D eigenvalue weighted by atomic mass is 35.5. The smallest absolute Gasteiger partial charge is 0.229 e. The molecule has 0 aliphatic carbocycles. The molecule has 1 aliphatic rings. The number of hydrogen-bond donors (Lipinski definition) is 1. The SMILES string of the molecule is O=C(Nc1ccc(Cl)cc1)[C@H]1CC(=O)N(Cc2ccccc2Cl)C1. The van der Waals surface area contributed by atoms with Gasteiger partial charge in [-0.3, -0.25) is 9.59 Å². The highest BCUT2D eigenvalue weighted by Crippen LogP contribution is 2.24. The Balaban J connectivity index is 1.62. The van der Waals surface area contributed by atoms with Crippen molar-refractivity contribution >= 4 is 40.7 Å². The Hall–Kier alpha value is -2.04. The summed E-state index contributed by atoms with van der Waals surface area (Å²) in [4.78, 5) is 26.2. The summed E-state index contributed by atoms with van der Waals surface area (Å²) in [5.74, 6) is -0.561. The molecule has 0 aromatic heterocycles. The summed E-state index contributed by atoms with van der Waals surface area (Å²) >= 11 is 12.0. The molecule has 2 amide bonds. The van der Waals surface area contributed by atoms with E-state index in [1.807, 2.05) is 18.2 Å². The largest absolute Gasteiger partial charge is 0.337 e. The molecule has 0 radical (unpaired) electrons. The second-order valence-corrected chi connectivity index (χ2v) is 6.61. The molecule has 4 nitrogen and oxygen atoms in total. The van der Waals surface area contributed by atoms with Crippen molar-refractivity contribution in [2.45, 2.75) is 13.0 Å². The summed E-state index contributed by atoms with van der Waals surface area (Å²) in [6.45, 7) is 0.812. The number of carbonyl (C=O) groups is 2. The molecular formula is C18H16Cl2N2O2. The van der Waals surface area contributed by atoms with E-state index in [4.69, 9.17) is 23.2 Å². The molecule has 124 valence electrons. The van der Waals surface area contributed by atoms with Crippen LogP contribution in [0.4, 0.5) is 5.69 Å².